The van der Waals surface area contributed by atoms with Crippen LogP contribution in [-0.2, 0) is 6.54 Å². The number of rotatable bonds is 4. The number of Topliss-reactive ketones (excluding diaryl/α,β-unsaturated/α-hetero) is 1. The first kappa shape index (κ1) is 14.8. The summed E-state index contributed by atoms with van der Waals surface area (Å²) in [5.74, 6) is 0.396. The van der Waals surface area contributed by atoms with Gasteiger partial charge in [0, 0.05) is 12.5 Å². The van der Waals surface area contributed by atoms with Crippen molar-refractivity contribution in [3.05, 3.63) is 16.4 Å². The van der Waals surface area contributed by atoms with Gasteiger partial charge in [-0.25, -0.2) is 0 Å². The van der Waals surface area contributed by atoms with Gasteiger partial charge < -0.3 is 0 Å². The van der Waals surface area contributed by atoms with E-state index in [0.29, 0.717) is 0 Å². The number of nitrogens with zero attached hydrogens (tertiary/aromatic N) is 2. The molecule has 19 heavy (non-hydrogen) atoms. The highest BCUT2D eigenvalue weighted by Crippen LogP contribution is 2.42. The van der Waals surface area contributed by atoms with E-state index in [9.17, 15) is 4.79 Å². The Morgan fingerprint density at radius 1 is 1.53 bits per heavy atom. The van der Waals surface area contributed by atoms with Gasteiger partial charge in [0.1, 0.15) is 5.69 Å². The molecule has 1 aromatic heterocycles. The Balaban J connectivity index is 2.30. The fourth-order valence-electron chi connectivity index (χ4n) is 3.13. The molecule has 0 aliphatic heterocycles. The highest BCUT2D eigenvalue weighted by atomic mass is 79.9. The highest BCUT2D eigenvalue weighted by Gasteiger charge is 2.39. The lowest BCUT2D eigenvalue weighted by Crippen LogP contribution is -2.35. The van der Waals surface area contributed by atoms with Crippen LogP contribution in [0.15, 0.2) is 10.7 Å². The fraction of sp³-hybridized carbons (Fsp3) is 0.733. The predicted molar refractivity (Wildman–Crippen MR) is 80.3 cm³/mol. The first-order valence-electron chi connectivity index (χ1n) is 7.23. The van der Waals surface area contributed by atoms with Gasteiger partial charge in [-0.1, -0.05) is 33.6 Å². The molecule has 106 valence electrons. The Kier molecular flexibility index (Phi) is 4.49. The molecule has 1 fully saturated rings. The van der Waals surface area contributed by atoms with Crippen LogP contribution in [0.3, 0.4) is 0 Å². The summed E-state index contributed by atoms with van der Waals surface area (Å²) < 4.78 is 2.70. The van der Waals surface area contributed by atoms with Crippen LogP contribution in [0.1, 0.15) is 63.4 Å². The summed E-state index contributed by atoms with van der Waals surface area (Å²) in [6.07, 6.45) is 7.30. The summed E-state index contributed by atoms with van der Waals surface area (Å²) in [6.45, 7) is 7.36. The summed E-state index contributed by atoms with van der Waals surface area (Å²) in [7, 11) is 0. The minimum absolute atomic E-state index is 0.107. The lowest BCUT2D eigenvalue weighted by molar-refractivity contribution is 0.0684. The van der Waals surface area contributed by atoms with Gasteiger partial charge in [0.25, 0.3) is 0 Å². The molecule has 0 radical (unpaired) electrons. The van der Waals surface area contributed by atoms with Crippen LogP contribution in [0.5, 0.6) is 0 Å². The molecule has 1 atom stereocenters. The number of hydrogen-bond acceptors (Lipinski definition) is 2. The number of aromatic nitrogens is 2. The van der Waals surface area contributed by atoms with E-state index in [-0.39, 0.29) is 17.1 Å². The van der Waals surface area contributed by atoms with Crippen molar-refractivity contribution in [2.75, 3.05) is 0 Å². The molecule has 0 amide bonds. The first-order valence-corrected chi connectivity index (χ1v) is 8.02. The Morgan fingerprint density at radius 3 is 2.89 bits per heavy atom. The van der Waals surface area contributed by atoms with E-state index < -0.39 is 0 Å². The second-order valence-corrected chi connectivity index (χ2v) is 7.07. The van der Waals surface area contributed by atoms with E-state index in [2.05, 4.69) is 41.8 Å². The van der Waals surface area contributed by atoms with Crippen LogP contribution >= 0.6 is 15.9 Å². The maximum atomic E-state index is 12.9. The van der Waals surface area contributed by atoms with Crippen LogP contribution in [0.25, 0.3) is 0 Å². The standard InChI is InChI=1S/C15H23BrN2O/c1-4-9-18-13(12(16)10-17-18)14(19)11-7-5-6-8-15(11,2)3/h10-11H,4-9H2,1-3H3. The first-order chi connectivity index (χ1) is 8.97. The van der Waals surface area contributed by atoms with Gasteiger partial charge in [-0.05, 0) is 40.6 Å². The molecular weight excluding hydrogens is 304 g/mol. The van der Waals surface area contributed by atoms with Gasteiger partial charge in [0.15, 0.2) is 5.78 Å². The highest BCUT2D eigenvalue weighted by molar-refractivity contribution is 9.10. The van der Waals surface area contributed by atoms with Crippen molar-refractivity contribution in [1.29, 1.82) is 0 Å². The zero-order chi connectivity index (χ0) is 14.0. The normalized spacial score (nSPS) is 22.4. The van der Waals surface area contributed by atoms with Crippen LogP contribution in [0, 0.1) is 11.3 Å². The van der Waals surface area contributed by atoms with Crippen molar-refractivity contribution in [3.63, 3.8) is 0 Å². The third-order valence-electron chi connectivity index (χ3n) is 4.29. The molecule has 0 N–H and O–H groups in total. The molecule has 4 heteroatoms. The van der Waals surface area contributed by atoms with Gasteiger partial charge in [-0.3, -0.25) is 9.48 Å². The maximum absolute atomic E-state index is 12.9. The molecule has 0 spiro atoms. The number of aryl methyl sites for hydroxylation is 1. The molecule has 1 aliphatic rings. The summed E-state index contributed by atoms with van der Waals surface area (Å²) in [6, 6.07) is 0. The van der Waals surface area contributed by atoms with Crippen molar-refractivity contribution >= 4 is 21.7 Å². The number of carbonyl (C=O) groups is 1. The monoisotopic (exact) mass is 326 g/mol. The SMILES string of the molecule is CCCn1ncc(Br)c1C(=O)C1CCCCC1(C)C. The third kappa shape index (κ3) is 2.93. The Morgan fingerprint density at radius 2 is 2.26 bits per heavy atom. The average Bonchev–Trinajstić information content (AvgIpc) is 2.70. The lowest BCUT2D eigenvalue weighted by Gasteiger charge is -2.37. The molecule has 1 unspecified atom stereocenters. The summed E-state index contributed by atoms with van der Waals surface area (Å²) >= 11 is 3.49. The second kappa shape index (κ2) is 5.78. The maximum Gasteiger partial charge on any atom is 0.185 e. The number of ketones is 1. The number of hydrogen-bond donors (Lipinski definition) is 0. The van der Waals surface area contributed by atoms with E-state index >= 15 is 0 Å². The van der Waals surface area contributed by atoms with Crippen molar-refractivity contribution in [3.8, 4) is 0 Å². The Hall–Kier alpha value is -0.640. The Labute approximate surface area is 123 Å². The number of halogens is 1. The van der Waals surface area contributed by atoms with E-state index in [1.165, 1.54) is 12.8 Å². The molecule has 1 heterocycles. The van der Waals surface area contributed by atoms with E-state index in [4.69, 9.17) is 0 Å². The van der Waals surface area contributed by atoms with Gasteiger partial charge in [0.2, 0.25) is 0 Å². The van der Waals surface area contributed by atoms with Crippen molar-refractivity contribution in [2.24, 2.45) is 11.3 Å². The quantitative estimate of drug-likeness (QED) is 0.766. The zero-order valence-corrected chi connectivity index (χ0v) is 13.7. The minimum atomic E-state index is 0.107. The predicted octanol–water partition coefficient (Wildman–Crippen LogP) is 4.45. The smallest absolute Gasteiger partial charge is 0.185 e. The topological polar surface area (TPSA) is 34.9 Å². The molecule has 0 aromatic carbocycles. The lowest BCUT2D eigenvalue weighted by atomic mass is 9.67. The summed E-state index contributed by atoms with van der Waals surface area (Å²) in [4.78, 5) is 12.9. The van der Waals surface area contributed by atoms with E-state index in [0.717, 1.165) is 36.0 Å². The van der Waals surface area contributed by atoms with Gasteiger partial charge in [-0.15, -0.1) is 0 Å². The van der Waals surface area contributed by atoms with Crippen LogP contribution in [0.4, 0.5) is 0 Å². The third-order valence-corrected chi connectivity index (χ3v) is 4.87. The largest absolute Gasteiger partial charge is 0.292 e. The van der Waals surface area contributed by atoms with Crippen LogP contribution < -0.4 is 0 Å². The molecule has 1 aliphatic carbocycles. The van der Waals surface area contributed by atoms with Crippen LogP contribution in [-0.4, -0.2) is 15.6 Å². The van der Waals surface area contributed by atoms with Crippen molar-refractivity contribution in [2.45, 2.75) is 59.4 Å². The second-order valence-electron chi connectivity index (χ2n) is 6.22. The van der Waals surface area contributed by atoms with Gasteiger partial charge >= 0.3 is 0 Å². The van der Waals surface area contributed by atoms with Gasteiger partial charge in [0.05, 0.1) is 10.7 Å². The van der Waals surface area contributed by atoms with Crippen molar-refractivity contribution in [1.82, 2.24) is 9.78 Å². The molecule has 2 rings (SSSR count). The van der Waals surface area contributed by atoms with E-state index in [1.807, 2.05) is 4.68 Å². The Bertz CT molecular complexity index is 465. The minimum Gasteiger partial charge on any atom is -0.292 e. The molecule has 3 nitrogen and oxygen atoms in total. The van der Waals surface area contributed by atoms with E-state index in [1.54, 1.807) is 6.20 Å². The molecular formula is C15H23BrN2O. The van der Waals surface area contributed by atoms with Gasteiger partial charge in [-0.2, -0.15) is 5.10 Å². The average molecular weight is 327 g/mol. The molecule has 0 saturated heterocycles. The van der Waals surface area contributed by atoms with Crippen LogP contribution in [0.2, 0.25) is 0 Å². The summed E-state index contributed by atoms with van der Waals surface area (Å²) in [5, 5.41) is 4.32. The fourth-order valence-corrected chi connectivity index (χ4v) is 3.63. The number of carbonyl (C=O) groups excluding carboxylic acids is 1. The summed E-state index contributed by atoms with van der Waals surface area (Å²) in [5.41, 5.74) is 0.873. The molecule has 1 saturated carbocycles. The zero-order valence-electron chi connectivity index (χ0n) is 12.1. The molecule has 1 aromatic rings. The molecule has 0 bridgehead atoms. The van der Waals surface area contributed by atoms with Crippen molar-refractivity contribution < 1.29 is 4.79 Å².